The molecule has 0 radical (unpaired) electrons. The summed E-state index contributed by atoms with van der Waals surface area (Å²) in [5, 5.41) is 3.45. The Morgan fingerprint density at radius 3 is 3.20 bits per heavy atom. The van der Waals surface area contributed by atoms with Crippen LogP contribution in [0.15, 0.2) is 18.2 Å². The zero-order chi connectivity index (χ0) is 13.8. The highest BCUT2D eigenvalue weighted by Gasteiger charge is 2.23. The molecule has 2 atom stereocenters. The number of aryl methyl sites for hydroxylation is 1. The fraction of sp³-hybridized carbons (Fsp3) is 0.647. The summed E-state index contributed by atoms with van der Waals surface area (Å²) in [4.78, 5) is 0. The van der Waals surface area contributed by atoms with Gasteiger partial charge in [-0.05, 0) is 56.8 Å². The maximum Gasteiger partial charge on any atom is 0.126 e. The number of benzene rings is 1. The normalized spacial score (nSPS) is 25.2. The maximum absolute atomic E-state index is 5.92. The molecule has 0 spiro atoms. The van der Waals surface area contributed by atoms with Crippen molar-refractivity contribution in [3.8, 4) is 5.75 Å². The van der Waals surface area contributed by atoms with Gasteiger partial charge in [-0.3, -0.25) is 0 Å². The Hall–Kier alpha value is -1.06. The third-order valence-corrected chi connectivity index (χ3v) is 4.33. The van der Waals surface area contributed by atoms with Crippen molar-refractivity contribution >= 4 is 0 Å². The minimum atomic E-state index is 0.205. The molecular weight excluding hydrogens is 250 g/mol. The molecule has 20 heavy (non-hydrogen) atoms. The summed E-state index contributed by atoms with van der Waals surface area (Å²) in [6, 6.07) is 6.42. The van der Waals surface area contributed by atoms with Gasteiger partial charge in [-0.25, -0.2) is 0 Å². The van der Waals surface area contributed by atoms with Crippen molar-refractivity contribution in [2.24, 2.45) is 5.92 Å². The fourth-order valence-corrected chi connectivity index (χ4v) is 3.18. The van der Waals surface area contributed by atoms with Crippen molar-refractivity contribution in [3.05, 3.63) is 29.3 Å². The van der Waals surface area contributed by atoms with Gasteiger partial charge in [-0.15, -0.1) is 0 Å². The molecule has 1 aromatic rings. The summed E-state index contributed by atoms with van der Waals surface area (Å²) >= 11 is 0. The molecule has 0 amide bonds. The average Bonchev–Trinajstić information content (AvgIpc) is 2.86. The van der Waals surface area contributed by atoms with E-state index in [1.54, 1.807) is 0 Å². The highest BCUT2D eigenvalue weighted by Crippen LogP contribution is 2.29. The van der Waals surface area contributed by atoms with E-state index in [1.807, 2.05) is 0 Å². The zero-order valence-electron chi connectivity index (χ0n) is 12.4. The fourth-order valence-electron chi connectivity index (χ4n) is 3.18. The van der Waals surface area contributed by atoms with E-state index < -0.39 is 0 Å². The number of hydrogen-bond acceptors (Lipinski definition) is 3. The van der Waals surface area contributed by atoms with Crippen molar-refractivity contribution < 1.29 is 9.47 Å². The van der Waals surface area contributed by atoms with E-state index in [1.165, 1.54) is 36.9 Å². The third kappa shape index (κ3) is 3.53. The smallest absolute Gasteiger partial charge is 0.126 e. The van der Waals surface area contributed by atoms with E-state index in [9.17, 15) is 0 Å². The molecular formula is C17H25NO2. The first-order valence-corrected chi connectivity index (χ1v) is 7.86. The van der Waals surface area contributed by atoms with Crippen LogP contribution in [0.3, 0.4) is 0 Å². The van der Waals surface area contributed by atoms with Gasteiger partial charge in [0.15, 0.2) is 0 Å². The molecule has 1 saturated heterocycles. The standard InChI is InChI=1S/C17H25NO2/c1-13-4-5-17-15(9-13)10-16(20-17)12-19-8-6-14-3-2-7-18-11-14/h4-5,9,14,16,18H,2-3,6-8,10-12H2,1H3. The lowest BCUT2D eigenvalue weighted by molar-refractivity contribution is 0.0520. The third-order valence-electron chi connectivity index (χ3n) is 4.33. The Morgan fingerprint density at radius 2 is 2.35 bits per heavy atom. The number of hydrogen-bond donors (Lipinski definition) is 1. The number of piperidine rings is 1. The second-order valence-corrected chi connectivity index (χ2v) is 6.13. The molecule has 2 unspecified atom stereocenters. The predicted molar refractivity (Wildman–Crippen MR) is 80.3 cm³/mol. The van der Waals surface area contributed by atoms with Crippen LogP contribution in [0.1, 0.15) is 30.4 Å². The lowest BCUT2D eigenvalue weighted by Crippen LogP contribution is -2.30. The van der Waals surface area contributed by atoms with Crippen molar-refractivity contribution in [2.45, 2.75) is 38.7 Å². The van der Waals surface area contributed by atoms with E-state index in [0.717, 1.165) is 31.2 Å². The summed E-state index contributed by atoms with van der Waals surface area (Å²) in [6.07, 6.45) is 5.02. The Labute approximate surface area is 121 Å². The van der Waals surface area contributed by atoms with Gasteiger partial charge in [0, 0.05) is 13.0 Å². The van der Waals surface area contributed by atoms with Gasteiger partial charge in [0.05, 0.1) is 6.61 Å². The molecule has 1 N–H and O–H groups in total. The Kier molecular flexibility index (Phi) is 4.58. The van der Waals surface area contributed by atoms with Crippen LogP contribution < -0.4 is 10.1 Å². The molecule has 3 rings (SSSR count). The molecule has 3 nitrogen and oxygen atoms in total. The molecule has 0 aliphatic carbocycles. The van der Waals surface area contributed by atoms with Crippen LogP contribution in [0.5, 0.6) is 5.75 Å². The molecule has 110 valence electrons. The SMILES string of the molecule is Cc1ccc2c(c1)CC(COCCC1CCCNC1)O2. The predicted octanol–water partition coefficient (Wildman–Crippen LogP) is 2.70. The highest BCUT2D eigenvalue weighted by molar-refractivity contribution is 5.40. The maximum atomic E-state index is 5.92. The van der Waals surface area contributed by atoms with Gasteiger partial charge in [-0.1, -0.05) is 17.7 Å². The molecule has 0 bridgehead atoms. The summed E-state index contributed by atoms with van der Waals surface area (Å²) in [6.45, 7) is 6.05. The zero-order valence-corrected chi connectivity index (χ0v) is 12.4. The van der Waals surface area contributed by atoms with Crippen molar-refractivity contribution in [1.82, 2.24) is 5.32 Å². The highest BCUT2D eigenvalue weighted by atomic mass is 16.5. The topological polar surface area (TPSA) is 30.5 Å². The van der Waals surface area contributed by atoms with Gasteiger partial charge >= 0.3 is 0 Å². The van der Waals surface area contributed by atoms with Crippen LogP contribution in [0.2, 0.25) is 0 Å². The Balaban J connectivity index is 1.36. The Bertz CT molecular complexity index is 441. The number of rotatable bonds is 5. The number of fused-ring (bicyclic) bond motifs is 1. The summed E-state index contributed by atoms with van der Waals surface area (Å²) in [5.41, 5.74) is 2.63. The van der Waals surface area contributed by atoms with Crippen LogP contribution in [-0.4, -0.2) is 32.4 Å². The summed E-state index contributed by atoms with van der Waals surface area (Å²) in [5.74, 6) is 1.84. The molecule has 0 aromatic heterocycles. The minimum absolute atomic E-state index is 0.205. The van der Waals surface area contributed by atoms with E-state index in [0.29, 0.717) is 6.61 Å². The quantitative estimate of drug-likeness (QED) is 0.838. The van der Waals surface area contributed by atoms with Crippen LogP contribution >= 0.6 is 0 Å². The van der Waals surface area contributed by atoms with Crippen LogP contribution in [-0.2, 0) is 11.2 Å². The Morgan fingerprint density at radius 1 is 1.40 bits per heavy atom. The molecule has 1 fully saturated rings. The molecule has 1 aromatic carbocycles. The monoisotopic (exact) mass is 275 g/mol. The van der Waals surface area contributed by atoms with Crippen LogP contribution in [0.4, 0.5) is 0 Å². The molecule has 3 heteroatoms. The van der Waals surface area contributed by atoms with E-state index in [2.05, 4.69) is 30.4 Å². The number of nitrogens with one attached hydrogen (secondary N) is 1. The second-order valence-electron chi connectivity index (χ2n) is 6.13. The average molecular weight is 275 g/mol. The molecule has 0 saturated carbocycles. The van der Waals surface area contributed by atoms with Gasteiger partial charge < -0.3 is 14.8 Å². The van der Waals surface area contributed by atoms with E-state index in [-0.39, 0.29) is 6.10 Å². The molecule has 2 aliphatic heterocycles. The van der Waals surface area contributed by atoms with Crippen molar-refractivity contribution in [2.75, 3.05) is 26.3 Å². The van der Waals surface area contributed by atoms with Crippen molar-refractivity contribution in [1.29, 1.82) is 0 Å². The van der Waals surface area contributed by atoms with E-state index in [4.69, 9.17) is 9.47 Å². The number of ether oxygens (including phenoxy) is 2. The first kappa shape index (κ1) is 13.9. The lowest BCUT2D eigenvalue weighted by atomic mass is 9.97. The largest absolute Gasteiger partial charge is 0.487 e. The second kappa shape index (κ2) is 6.59. The van der Waals surface area contributed by atoms with Crippen LogP contribution in [0.25, 0.3) is 0 Å². The summed E-state index contributed by atoms with van der Waals surface area (Å²) < 4.78 is 11.7. The van der Waals surface area contributed by atoms with E-state index >= 15 is 0 Å². The van der Waals surface area contributed by atoms with Gasteiger partial charge in [0.25, 0.3) is 0 Å². The lowest BCUT2D eigenvalue weighted by Gasteiger charge is -2.22. The molecule has 2 heterocycles. The first-order valence-electron chi connectivity index (χ1n) is 7.86. The van der Waals surface area contributed by atoms with Gasteiger partial charge in [0.1, 0.15) is 11.9 Å². The first-order chi connectivity index (χ1) is 9.81. The van der Waals surface area contributed by atoms with Gasteiger partial charge in [-0.2, -0.15) is 0 Å². The summed E-state index contributed by atoms with van der Waals surface area (Å²) in [7, 11) is 0. The van der Waals surface area contributed by atoms with Gasteiger partial charge in [0.2, 0.25) is 0 Å². The van der Waals surface area contributed by atoms with Crippen molar-refractivity contribution in [3.63, 3.8) is 0 Å². The minimum Gasteiger partial charge on any atom is -0.487 e. The molecule has 2 aliphatic rings. The van der Waals surface area contributed by atoms with Crippen LogP contribution in [0, 0.1) is 12.8 Å².